The quantitative estimate of drug-likeness (QED) is 0.340. The van der Waals surface area contributed by atoms with Crippen LogP contribution < -0.4 is 5.73 Å². The average Bonchev–Trinajstić information content (AvgIpc) is 2.36. The van der Waals surface area contributed by atoms with Crippen molar-refractivity contribution in [2.24, 2.45) is 16.3 Å². The normalized spacial score (nSPS) is 25.5. The minimum Gasteiger partial charge on any atom is -0.409 e. The monoisotopic (exact) mass is 241 g/mol. The lowest BCUT2D eigenvalue weighted by atomic mass is 9.83. The Kier molecular flexibility index (Phi) is 4.37. The van der Waals surface area contributed by atoms with Gasteiger partial charge in [0.2, 0.25) is 5.91 Å². The molecule has 1 aliphatic rings. The molecule has 0 aromatic heterocycles. The van der Waals surface area contributed by atoms with Crippen LogP contribution in [0, 0.1) is 5.41 Å². The lowest BCUT2D eigenvalue weighted by Crippen LogP contribution is -2.53. The number of hydrogen-bond donors (Lipinski definition) is 2. The number of carbonyl (C=O) groups is 1. The fourth-order valence-corrected chi connectivity index (χ4v) is 2.27. The largest absolute Gasteiger partial charge is 0.409 e. The van der Waals surface area contributed by atoms with Gasteiger partial charge in [0.1, 0.15) is 5.41 Å². The third-order valence-electron chi connectivity index (χ3n) is 3.92. The van der Waals surface area contributed by atoms with Crippen molar-refractivity contribution in [1.29, 1.82) is 0 Å². The molecular weight excluding hydrogens is 218 g/mol. The van der Waals surface area contributed by atoms with Gasteiger partial charge in [0.05, 0.1) is 0 Å². The van der Waals surface area contributed by atoms with Crippen LogP contribution in [-0.4, -0.2) is 34.4 Å². The number of oxime groups is 1. The summed E-state index contributed by atoms with van der Waals surface area (Å²) < 4.78 is 0. The Morgan fingerprint density at radius 1 is 1.59 bits per heavy atom. The summed E-state index contributed by atoms with van der Waals surface area (Å²) in [6.45, 7) is 6.45. The number of likely N-dealkylation sites (tertiary alicyclic amines) is 1. The average molecular weight is 241 g/mol. The van der Waals surface area contributed by atoms with E-state index in [1.807, 2.05) is 11.8 Å². The second-order valence-corrected chi connectivity index (χ2v) is 5.01. The van der Waals surface area contributed by atoms with Crippen molar-refractivity contribution < 1.29 is 10.0 Å². The first-order chi connectivity index (χ1) is 7.97. The molecule has 0 spiro atoms. The van der Waals surface area contributed by atoms with Gasteiger partial charge in [-0.25, -0.2) is 0 Å². The first kappa shape index (κ1) is 13.8. The van der Waals surface area contributed by atoms with Gasteiger partial charge in [-0.1, -0.05) is 12.1 Å². The molecule has 17 heavy (non-hydrogen) atoms. The maximum absolute atomic E-state index is 12.5. The number of rotatable bonds is 3. The van der Waals surface area contributed by atoms with Crippen LogP contribution in [0.3, 0.4) is 0 Å². The van der Waals surface area contributed by atoms with E-state index in [1.54, 1.807) is 6.92 Å². The zero-order chi connectivity index (χ0) is 13.1. The first-order valence-electron chi connectivity index (χ1n) is 6.26. The number of amidine groups is 1. The van der Waals surface area contributed by atoms with E-state index in [9.17, 15) is 4.79 Å². The number of amides is 1. The van der Waals surface area contributed by atoms with E-state index < -0.39 is 5.41 Å². The Hall–Kier alpha value is -1.26. The van der Waals surface area contributed by atoms with Crippen molar-refractivity contribution in [2.75, 3.05) is 6.54 Å². The molecule has 2 atom stereocenters. The molecule has 98 valence electrons. The molecule has 0 aliphatic carbocycles. The molecule has 5 nitrogen and oxygen atoms in total. The van der Waals surface area contributed by atoms with Crippen molar-refractivity contribution >= 4 is 11.7 Å². The van der Waals surface area contributed by atoms with Crippen LogP contribution in [0.25, 0.3) is 0 Å². The topological polar surface area (TPSA) is 78.9 Å². The van der Waals surface area contributed by atoms with E-state index in [0.717, 1.165) is 25.8 Å². The highest BCUT2D eigenvalue weighted by Crippen LogP contribution is 2.28. The lowest BCUT2D eigenvalue weighted by molar-refractivity contribution is -0.141. The van der Waals surface area contributed by atoms with Crippen LogP contribution in [0.5, 0.6) is 0 Å². The third kappa shape index (κ3) is 2.53. The second kappa shape index (κ2) is 5.38. The van der Waals surface area contributed by atoms with Crippen molar-refractivity contribution in [3.63, 3.8) is 0 Å². The maximum Gasteiger partial charge on any atom is 0.236 e. The van der Waals surface area contributed by atoms with Crippen molar-refractivity contribution in [2.45, 2.75) is 52.5 Å². The molecule has 0 saturated carbocycles. The summed E-state index contributed by atoms with van der Waals surface area (Å²) in [4.78, 5) is 14.4. The SMILES string of the molecule is CCC(C)(C(=O)N1CCCCC1C)C(N)=NO. The van der Waals surface area contributed by atoms with E-state index in [2.05, 4.69) is 12.1 Å². The summed E-state index contributed by atoms with van der Waals surface area (Å²) in [6, 6.07) is 0.244. The predicted molar refractivity (Wildman–Crippen MR) is 66.8 cm³/mol. The van der Waals surface area contributed by atoms with Crippen molar-refractivity contribution in [3.05, 3.63) is 0 Å². The number of carbonyl (C=O) groups excluding carboxylic acids is 1. The third-order valence-corrected chi connectivity index (χ3v) is 3.92. The van der Waals surface area contributed by atoms with E-state index >= 15 is 0 Å². The van der Waals surface area contributed by atoms with E-state index in [1.165, 1.54) is 0 Å². The Morgan fingerprint density at radius 2 is 2.24 bits per heavy atom. The predicted octanol–water partition coefficient (Wildman–Crippen LogP) is 1.55. The molecule has 1 rings (SSSR count). The molecule has 0 radical (unpaired) electrons. The van der Waals surface area contributed by atoms with Crippen LogP contribution in [0.1, 0.15) is 46.5 Å². The number of hydrogen-bond acceptors (Lipinski definition) is 3. The van der Waals surface area contributed by atoms with Gasteiger partial charge < -0.3 is 15.8 Å². The molecule has 1 amide bonds. The molecule has 0 bridgehead atoms. The van der Waals surface area contributed by atoms with Gasteiger partial charge in [-0.3, -0.25) is 4.79 Å². The lowest BCUT2D eigenvalue weighted by Gasteiger charge is -2.39. The molecular formula is C12H23N3O2. The molecule has 3 N–H and O–H groups in total. The van der Waals surface area contributed by atoms with E-state index in [-0.39, 0.29) is 17.8 Å². The fraction of sp³-hybridized carbons (Fsp3) is 0.833. The molecule has 1 saturated heterocycles. The van der Waals surface area contributed by atoms with Crippen molar-refractivity contribution in [3.8, 4) is 0 Å². The van der Waals surface area contributed by atoms with Crippen molar-refractivity contribution in [1.82, 2.24) is 4.90 Å². The Bertz CT molecular complexity index is 317. The van der Waals surface area contributed by atoms with Crippen LogP contribution in [0.2, 0.25) is 0 Å². The summed E-state index contributed by atoms with van der Waals surface area (Å²) >= 11 is 0. The standard InChI is InChI=1S/C12H23N3O2/c1-4-12(3,10(13)14-17)11(16)15-8-6-5-7-9(15)2/h9,17H,4-8H2,1-3H3,(H2,13,14). The van der Waals surface area contributed by atoms with Crippen LogP contribution >= 0.6 is 0 Å². The molecule has 1 heterocycles. The van der Waals surface area contributed by atoms with Gasteiger partial charge in [0, 0.05) is 12.6 Å². The summed E-state index contributed by atoms with van der Waals surface area (Å²) in [6.07, 6.45) is 3.76. The zero-order valence-corrected chi connectivity index (χ0v) is 10.9. The van der Waals surface area contributed by atoms with Crippen LogP contribution in [0.15, 0.2) is 5.16 Å². The number of nitrogens with zero attached hydrogens (tertiary/aromatic N) is 2. The maximum atomic E-state index is 12.5. The molecule has 5 heteroatoms. The minimum atomic E-state index is -0.889. The van der Waals surface area contributed by atoms with Gasteiger partial charge in [0.15, 0.2) is 5.84 Å². The molecule has 1 fully saturated rings. The molecule has 2 unspecified atom stereocenters. The van der Waals surface area contributed by atoms with E-state index in [4.69, 9.17) is 10.9 Å². The number of nitrogens with two attached hydrogens (primary N) is 1. The minimum absolute atomic E-state index is 0.00257. The molecule has 0 aromatic carbocycles. The first-order valence-corrected chi connectivity index (χ1v) is 6.26. The smallest absolute Gasteiger partial charge is 0.236 e. The zero-order valence-electron chi connectivity index (χ0n) is 10.9. The van der Waals surface area contributed by atoms with Crippen LogP contribution in [0.4, 0.5) is 0 Å². The van der Waals surface area contributed by atoms with Crippen LogP contribution in [-0.2, 0) is 4.79 Å². The number of piperidine rings is 1. The highest BCUT2D eigenvalue weighted by Gasteiger charge is 2.41. The molecule has 1 aliphatic heterocycles. The summed E-state index contributed by atoms with van der Waals surface area (Å²) in [5.74, 6) is -0.0229. The summed E-state index contributed by atoms with van der Waals surface area (Å²) in [7, 11) is 0. The highest BCUT2D eigenvalue weighted by atomic mass is 16.4. The van der Waals surface area contributed by atoms with Gasteiger partial charge >= 0.3 is 0 Å². The van der Waals surface area contributed by atoms with E-state index in [0.29, 0.717) is 6.42 Å². The van der Waals surface area contributed by atoms with Gasteiger partial charge in [-0.15, -0.1) is 0 Å². The summed E-state index contributed by atoms with van der Waals surface area (Å²) in [5.41, 5.74) is 4.78. The Balaban J connectivity index is 2.92. The fourth-order valence-electron chi connectivity index (χ4n) is 2.27. The summed E-state index contributed by atoms with van der Waals surface area (Å²) in [5, 5.41) is 11.8. The van der Waals surface area contributed by atoms with Gasteiger partial charge in [-0.05, 0) is 39.5 Å². The molecule has 0 aromatic rings. The highest BCUT2D eigenvalue weighted by molar-refractivity contribution is 6.06. The van der Waals surface area contributed by atoms with Gasteiger partial charge in [0.25, 0.3) is 0 Å². The Morgan fingerprint density at radius 3 is 2.71 bits per heavy atom. The Labute approximate surface area is 103 Å². The second-order valence-electron chi connectivity index (χ2n) is 5.01. The van der Waals surface area contributed by atoms with Gasteiger partial charge in [-0.2, -0.15) is 0 Å².